The Labute approximate surface area is 119 Å². The average molecular weight is 285 g/mol. The van der Waals surface area contributed by atoms with Gasteiger partial charge in [-0.2, -0.15) is 4.98 Å². The molecule has 0 amide bonds. The van der Waals surface area contributed by atoms with Crippen molar-refractivity contribution in [1.29, 1.82) is 0 Å². The van der Waals surface area contributed by atoms with E-state index in [0.29, 0.717) is 10.9 Å². The van der Waals surface area contributed by atoms with Crippen molar-refractivity contribution in [1.82, 2.24) is 9.55 Å². The van der Waals surface area contributed by atoms with Gasteiger partial charge in [0.25, 0.3) is 0 Å². The number of aromatic hydroxyl groups is 1. The summed E-state index contributed by atoms with van der Waals surface area (Å²) in [5, 5.41) is 10.1. The zero-order chi connectivity index (χ0) is 15.1. The lowest BCUT2D eigenvalue weighted by molar-refractivity contribution is 0.468. The number of anilines is 1. The van der Waals surface area contributed by atoms with Crippen LogP contribution in [0.25, 0.3) is 16.6 Å². The van der Waals surface area contributed by atoms with Crippen molar-refractivity contribution in [3.8, 4) is 11.4 Å². The first-order valence-corrected chi connectivity index (χ1v) is 6.24. The quantitative estimate of drug-likeness (QED) is 0.717. The molecule has 1 heterocycles. The fourth-order valence-corrected chi connectivity index (χ4v) is 2.30. The summed E-state index contributed by atoms with van der Waals surface area (Å²) in [7, 11) is 0. The second-order valence-corrected chi connectivity index (χ2v) is 4.80. The fraction of sp³-hybridized carbons (Fsp3) is 0.0667. The molecular weight excluding hydrogens is 273 g/mol. The number of aryl methyl sites for hydroxylation is 1. The first-order valence-electron chi connectivity index (χ1n) is 6.24. The van der Waals surface area contributed by atoms with E-state index in [-0.39, 0.29) is 17.3 Å². The van der Waals surface area contributed by atoms with Crippen LogP contribution in [0.4, 0.5) is 10.2 Å². The van der Waals surface area contributed by atoms with E-state index < -0.39 is 11.5 Å². The minimum Gasteiger partial charge on any atom is -0.508 e. The van der Waals surface area contributed by atoms with Crippen molar-refractivity contribution in [3.63, 3.8) is 0 Å². The molecule has 3 rings (SSSR count). The Bertz CT molecular complexity index is 898. The number of benzene rings is 2. The number of nitrogens with zero attached hydrogens (tertiary/aromatic N) is 2. The normalized spacial score (nSPS) is 11.0. The van der Waals surface area contributed by atoms with Gasteiger partial charge in [-0.1, -0.05) is 6.07 Å². The molecule has 3 aromatic rings. The predicted molar refractivity (Wildman–Crippen MR) is 78.1 cm³/mol. The van der Waals surface area contributed by atoms with Gasteiger partial charge in [0.15, 0.2) is 0 Å². The molecule has 6 heteroatoms. The molecule has 0 aliphatic heterocycles. The lowest BCUT2D eigenvalue weighted by atomic mass is 10.1. The van der Waals surface area contributed by atoms with E-state index in [9.17, 15) is 14.3 Å². The molecule has 0 unspecified atom stereocenters. The molecule has 106 valence electrons. The number of phenolic OH excluding ortho intramolecular Hbond substituents is 1. The first kappa shape index (κ1) is 13.1. The number of aromatic nitrogens is 2. The number of fused-ring (bicyclic) bond motifs is 1. The van der Waals surface area contributed by atoms with Crippen molar-refractivity contribution >= 4 is 16.7 Å². The summed E-state index contributed by atoms with van der Waals surface area (Å²) in [6.45, 7) is 1.87. The smallest absolute Gasteiger partial charge is 0.354 e. The third kappa shape index (κ3) is 2.20. The van der Waals surface area contributed by atoms with E-state index in [1.54, 1.807) is 12.1 Å². The zero-order valence-electron chi connectivity index (χ0n) is 11.2. The zero-order valence-corrected chi connectivity index (χ0v) is 11.2. The maximum Gasteiger partial charge on any atom is 0.354 e. The van der Waals surface area contributed by atoms with Gasteiger partial charge in [-0.3, -0.25) is 4.57 Å². The number of nitrogens with two attached hydrogens (primary N) is 1. The predicted octanol–water partition coefficient (Wildman–Crippen LogP) is 2.12. The van der Waals surface area contributed by atoms with E-state index in [4.69, 9.17) is 5.73 Å². The van der Waals surface area contributed by atoms with Crippen LogP contribution < -0.4 is 11.4 Å². The van der Waals surface area contributed by atoms with Gasteiger partial charge in [-0.25, -0.2) is 9.18 Å². The Balaban J connectivity index is 2.46. The number of hydrogen-bond donors (Lipinski definition) is 2. The van der Waals surface area contributed by atoms with Gasteiger partial charge in [0.05, 0.1) is 11.2 Å². The van der Waals surface area contributed by atoms with Crippen LogP contribution in [-0.2, 0) is 0 Å². The van der Waals surface area contributed by atoms with Crippen LogP contribution in [-0.4, -0.2) is 14.7 Å². The summed E-state index contributed by atoms with van der Waals surface area (Å²) in [6, 6.07) is 8.77. The molecule has 0 bridgehead atoms. The lowest BCUT2D eigenvalue weighted by Crippen LogP contribution is -2.23. The molecule has 0 aliphatic rings. The van der Waals surface area contributed by atoms with E-state index in [0.717, 1.165) is 17.7 Å². The van der Waals surface area contributed by atoms with Gasteiger partial charge in [0, 0.05) is 17.5 Å². The van der Waals surface area contributed by atoms with Crippen molar-refractivity contribution in [2.75, 3.05) is 5.73 Å². The second kappa shape index (κ2) is 4.59. The van der Waals surface area contributed by atoms with Gasteiger partial charge in [-0.15, -0.1) is 0 Å². The first-order chi connectivity index (χ1) is 9.95. The third-order valence-corrected chi connectivity index (χ3v) is 3.20. The van der Waals surface area contributed by atoms with Gasteiger partial charge in [0.2, 0.25) is 0 Å². The molecule has 5 nitrogen and oxygen atoms in total. The molecule has 3 N–H and O–H groups in total. The molecule has 0 spiro atoms. The Morgan fingerprint density at radius 3 is 2.71 bits per heavy atom. The van der Waals surface area contributed by atoms with Gasteiger partial charge < -0.3 is 10.8 Å². The number of rotatable bonds is 1. The molecule has 0 fully saturated rings. The highest BCUT2D eigenvalue weighted by Gasteiger charge is 2.12. The van der Waals surface area contributed by atoms with Crippen molar-refractivity contribution in [3.05, 3.63) is 58.3 Å². The maximum absolute atomic E-state index is 13.5. The number of phenols is 1. The highest BCUT2D eigenvalue weighted by molar-refractivity contribution is 5.89. The molecule has 0 atom stereocenters. The number of hydrogen-bond acceptors (Lipinski definition) is 4. The minimum atomic E-state index is -0.644. The molecule has 0 radical (unpaired) electrons. The fourth-order valence-electron chi connectivity index (χ4n) is 2.30. The standard InChI is InChI=1S/C15H12FN3O2/c1-8-2-3-12-13(4-8)19(15(21)18-14(12)17)10-5-9(16)6-11(20)7-10/h2-7,20H,1H3,(H2,17,18,21). The minimum absolute atomic E-state index is 0.117. The Morgan fingerprint density at radius 2 is 2.00 bits per heavy atom. The molecule has 0 aliphatic carbocycles. The molecule has 1 aromatic heterocycles. The monoisotopic (exact) mass is 285 g/mol. The van der Waals surface area contributed by atoms with E-state index in [1.165, 1.54) is 10.6 Å². The molecule has 0 saturated heterocycles. The average Bonchev–Trinajstić information content (AvgIpc) is 2.36. The summed E-state index contributed by atoms with van der Waals surface area (Å²) in [5.41, 5.74) is 6.76. The topological polar surface area (TPSA) is 81.1 Å². The van der Waals surface area contributed by atoms with Gasteiger partial charge in [0.1, 0.15) is 17.4 Å². The summed E-state index contributed by atoms with van der Waals surface area (Å²) < 4.78 is 14.7. The van der Waals surface area contributed by atoms with Gasteiger partial charge in [-0.05, 0) is 30.7 Å². The Kier molecular flexibility index (Phi) is 2.86. The Morgan fingerprint density at radius 1 is 1.24 bits per heavy atom. The summed E-state index contributed by atoms with van der Waals surface area (Å²) in [5.74, 6) is -0.795. The van der Waals surface area contributed by atoms with E-state index in [2.05, 4.69) is 4.98 Å². The highest BCUT2D eigenvalue weighted by atomic mass is 19.1. The summed E-state index contributed by atoms with van der Waals surface area (Å²) in [6.07, 6.45) is 0. The number of nitrogen functional groups attached to an aromatic ring is 1. The van der Waals surface area contributed by atoms with Crippen LogP contribution in [0, 0.1) is 12.7 Å². The molecular formula is C15H12FN3O2. The molecule has 2 aromatic carbocycles. The van der Waals surface area contributed by atoms with Crippen LogP contribution in [0.1, 0.15) is 5.56 Å². The van der Waals surface area contributed by atoms with Crippen molar-refractivity contribution in [2.45, 2.75) is 6.92 Å². The van der Waals surface area contributed by atoms with E-state index in [1.807, 2.05) is 13.0 Å². The third-order valence-electron chi connectivity index (χ3n) is 3.20. The van der Waals surface area contributed by atoms with Crippen LogP contribution in [0.2, 0.25) is 0 Å². The van der Waals surface area contributed by atoms with Crippen molar-refractivity contribution < 1.29 is 9.50 Å². The van der Waals surface area contributed by atoms with E-state index >= 15 is 0 Å². The maximum atomic E-state index is 13.5. The second-order valence-electron chi connectivity index (χ2n) is 4.80. The van der Waals surface area contributed by atoms with Crippen LogP contribution in [0.5, 0.6) is 5.75 Å². The van der Waals surface area contributed by atoms with Crippen LogP contribution in [0.3, 0.4) is 0 Å². The van der Waals surface area contributed by atoms with Crippen LogP contribution >= 0.6 is 0 Å². The lowest BCUT2D eigenvalue weighted by Gasteiger charge is -2.12. The number of halogens is 1. The Hall–Kier alpha value is -2.89. The van der Waals surface area contributed by atoms with Crippen molar-refractivity contribution in [2.24, 2.45) is 0 Å². The summed E-state index contributed by atoms with van der Waals surface area (Å²) >= 11 is 0. The van der Waals surface area contributed by atoms with Gasteiger partial charge >= 0.3 is 5.69 Å². The summed E-state index contributed by atoms with van der Waals surface area (Å²) in [4.78, 5) is 15.9. The largest absolute Gasteiger partial charge is 0.508 e. The van der Waals surface area contributed by atoms with Crippen LogP contribution in [0.15, 0.2) is 41.2 Å². The molecule has 0 saturated carbocycles. The SMILES string of the molecule is Cc1ccc2c(N)nc(=O)n(-c3cc(O)cc(F)c3)c2c1. The molecule has 21 heavy (non-hydrogen) atoms. The highest BCUT2D eigenvalue weighted by Crippen LogP contribution is 2.24.